The standard InChI is InChI=1S/C22H24ClN5O4S/c1-15-2-3-19-20(24-15)25-22(32-19)28-6-4-27(5-7-28)21(29)16-12-17(23)14-18(13-16)26-8-10-33(30,31)11-9-26/h2-3,12-14H,4-11H2,1H3. The highest BCUT2D eigenvalue weighted by molar-refractivity contribution is 7.91. The quantitative estimate of drug-likeness (QED) is 0.553. The van der Waals surface area contributed by atoms with Gasteiger partial charge in [0, 0.05) is 61.2 Å². The van der Waals surface area contributed by atoms with Crippen molar-refractivity contribution in [1.29, 1.82) is 0 Å². The zero-order chi connectivity index (χ0) is 23.2. The summed E-state index contributed by atoms with van der Waals surface area (Å²) >= 11 is 6.31. The minimum Gasteiger partial charge on any atom is -0.422 e. The van der Waals surface area contributed by atoms with Gasteiger partial charge in [0.15, 0.2) is 15.4 Å². The Morgan fingerprint density at radius 3 is 2.42 bits per heavy atom. The zero-order valence-corrected chi connectivity index (χ0v) is 19.8. The number of sulfone groups is 1. The van der Waals surface area contributed by atoms with Crippen molar-refractivity contribution < 1.29 is 17.6 Å². The van der Waals surface area contributed by atoms with E-state index >= 15 is 0 Å². The number of carbonyl (C=O) groups excluding carboxylic acids is 1. The third-order valence-electron chi connectivity index (χ3n) is 6.06. The number of aromatic nitrogens is 2. The summed E-state index contributed by atoms with van der Waals surface area (Å²) in [5.74, 6) is 0.114. The first-order chi connectivity index (χ1) is 15.8. The van der Waals surface area contributed by atoms with E-state index in [1.807, 2.05) is 28.9 Å². The molecule has 3 aromatic rings. The molecule has 0 spiro atoms. The second-order valence-corrected chi connectivity index (χ2v) is 11.1. The molecule has 5 rings (SSSR count). The van der Waals surface area contributed by atoms with Crippen molar-refractivity contribution in [3.05, 3.63) is 46.6 Å². The van der Waals surface area contributed by atoms with Crippen LogP contribution in [0.5, 0.6) is 0 Å². The van der Waals surface area contributed by atoms with E-state index in [1.54, 1.807) is 23.1 Å². The van der Waals surface area contributed by atoms with Gasteiger partial charge in [0.25, 0.3) is 11.9 Å². The molecule has 2 saturated heterocycles. The predicted octanol–water partition coefficient (Wildman–Crippen LogP) is 2.38. The van der Waals surface area contributed by atoms with E-state index in [2.05, 4.69) is 9.97 Å². The van der Waals surface area contributed by atoms with Gasteiger partial charge in [-0.1, -0.05) is 11.6 Å². The Labute approximate surface area is 196 Å². The summed E-state index contributed by atoms with van der Waals surface area (Å²) in [6.07, 6.45) is 0. The second kappa shape index (κ2) is 8.49. The first-order valence-electron chi connectivity index (χ1n) is 10.8. The number of halogens is 1. The van der Waals surface area contributed by atoms with Crippen LogP contribution in [-0.4, -0.2) is 80.0 Å². The molecule has 0 saturated carbocycles. The monoisotopic (exact) mass is 489 g/mol. The van der Waals surface area contributed by atoms with Gasteiger partial charge in [0.05, 0.1) is 11.5 Å². The molecule has 1 amide bonds. The minimum absolute atomic E-state index is 0.0992. The SMILES string of the molecule is Cc1ccc2oc(N3CCN(C(=O)c4cc(Cl)cc(N5CCS(=O)(=O)CC5)c4)CC3)nc2n1. The lowest BCUT2D eigenvalue weighted by molar-refractivity contribution is 0.0745. The fourth-order valence-electron chi connectivity index (χ4n) is 4.17. The normalized spacial score (nSPS) is 18.7. The molecule has 4 heterocycles. The number of hydrogen-bond acceptors (Lipinski definition) is 8. The van der Waals surface area contributed by atoms with Gasteiger partial charge < -0.3 is 19.1 Å². The fraction of sp³-hybridized carbons (Fsp3) is 0.409. The van der Waals surface area contributed by atoms with Gasteiger partial charge in [-0.05, 0) is 37.3 Å². The van der Waals surface area contributed by atoms with Crippen LogP contribution in [0.1, 0.15) is 16.1 Å². The number of fused-ring (bicyclic) bond motifs is 1. The zero-order valence-electron chi connectivity index (χ0n) is 18.2. The highest BCUT2D eigenvalue weighted by Gasteiger charge is 2.27. The molecule has 2 aromatic heterocycles. The smallest absolute Gasteiger partial charge is 0.300 e. The topological polar surface area (TPSA) is 99.9 Å². The number of piperazine rings is 1. The van der Waals surface area contributed by atoms with E-state index < -0.39 is 9.84 Å². The maximum Gasteiger partial charge on any atom is 0.300 e. The van der Waals surface area contributed by atoms with Crippen LogP contribution < -0.4 is 9.80 Å². The van der Waals surface area contributed by atoms with E-state index in [-0.39, 0.29) is 17.4 Å². The van der Waals surface area contributed by atoms with Gasteiger partial charge in [0.2, 0.25) is 5.65 Å². The van der Waals surface area contributed by atoms with Crippen LogP contribution in [0.2, 0.25) is 5.02 Å². The van der Waals surface area contributed by atoms with E-state index in [0.717, 1.165) is 11.4 Å². The largest absolute Gasteiger partial charge is 0.422 e. The summed E-state index contributed by atoms with van der Waals surface area (Å²) in [5, 5.41) is 0.456. The number of carbonyl (C=O) groups is 1. The molecule has 0 bridgehead atoms. The fourth-order valence-corrected chi connectivity index (χ4v) is 5.60. The van der Waals surface area contributed by atoms with Crippen molar-refractivity contribution in [3.63, 3.8) is 0 Å². The lowest BCUT2D eigenvalue weighted by Crippen LogP contribution is -2.49. The Hall–Kier alpha value is -2.85. The summed E-state index contributed by atoms with van der Waals surface area (Å²) < 4.78 is 29.3. The van der Waals surface area contributed by atoms with Gasteiger partial charge in [-0.3, -0.25) is 4.79 Å². The summed E-state index contributed by atoms with van der Waals surface area (Å²) in [6, 6.07) is 9.50. The highest BCUT2D eigenvalue weighted by atomic mass is 35.5. The number of nitrogens with zero attached hydrogens (tertiary/aromatic N) is 5. The summed E-state index contributed by atoms with van der Waals surface area (Å²) in [6.45, 7) is 4.93. The molecular formula is C22H24ClN5O4S. The Morgan fingerprint density at radius 2 is 1.70 bits per heavy atom. The van der Waals surface area contributed by atoms with E-state index in [0.29, 0.717) is 67.1 Å². The lowest BCUT2D eigenvalue weighted by atomic mass is 10.1. The van der Waals surface area contributed by atoms with Gasteiger partial charge in [0.1, 0.15) is 0 Å². The second-order valence-electron chi connectivity index (χ2n) is 8.39. The van der Waals surface area contributed by atoms with Crippen LogP contribution in [0.15, 0.2) is 34.7 Å². The van der Waals surface area contributed by atoms with Crippen molar-refractivity contribution in [1.82, 2.24) is 14.9 Å². The van der Waals surface area contributed by atoms with E-state index in [9.17, 15) is 13.2 Å². The highest BCUT2D eigenvalue weighted by Crippen LogP contribution is 2.26. The van der Waals surface area contributed by atoms with Gasteiger partial charge in [-0.25, -0.2) is 13.4 Å². The van der Waals surface area contributed by atoms with Crippen molar-refractivity contribution in [3.8, 4) is 0 Å². The molecule has 33 heavy (non-hydrogen) atoms. The maximum absolute atomic E-state index is 13.2. The summed E-state index contributed by atoms with van der Waals surface area (Å²) in [7, 11) is -2.99. The van der Waals surface area contributed by atoms with Gasteiger partial charge in [-0.2, -0.15) is 4.98 Å². The number of rotatable bonds is 3. The van der Waals surface area contributed by atoms with Crippen LogP contribution in [-0.2, 0) is 9.84 Å². The number of pyridine rings is 1. The van der Waals surface area contributed by atoms with Crippen LogP contribution in [0.3, 0.4) is 0 Å². The average Bonchev–Trinajstić information content (AvgIpc) is 3.21. The van der Waals surface area contributed by atoms with Gasteiger partial charge in [-0.15, -0.1) is 0 Å². The van der Waals surface area contributed by atoms with Crippen LogP contribution >= 0.6 is 11.6 Å². The molecule has 9 nitrogen and oxygen atoms in total. The van der Waals surface area contributed by atoms with Gasteiger partial charge >= 0.3 is 0 Å². The predicted molar refractivity (Wildman–Crippen MR) is 127 cm³/mol. The van der Waals surface area contributed by atoms with Crippen LogP contribution in [0.25, 0.3) is 11.2 Å². The third kappa shape index (κ3) is 4.63. The molecule has 0 atom stereocenters. The number of oxazole rings is 1. The van der Waals surface area contributed by atoms with Crippen LogP contribution in [0.4, 0.5) is 11.7 Å². The number of hydrogen-bond donors (Lipinski definition) is 0. The van der Waals surface area contributed by atoms with E-state index in [4.69, 9.17) is 16.0 Å². The molecule has 174 valence electrons. The van der Waals surface area contributed by atoms with Crippen molar-refractivity contribution in [2.75, 3.05) is 60.6 Å². The molecule has 1 aromatic carbocycles. The van der Waals surface area contributed by atoms with Crippen molar-refractivity contribution >= 4 is 50.3 Å². The summed E-state index contributed by atoms with van der Waals surface area (Å²) in [4.78, 5) is 27.8. The molecule has 2 fully saturated rings. The van der Waals surface area contributed by atoms with E-state index in [1.165, 1.54) is 0 Å². The average molecular weight is 490 g/mol. The number of benzene rings is 1. The molecule has 2 aliphatic heterocycles. The third-order valence-corrected chi connectivity index (χ3v) is 7.89. The maximum atomic E-state index is 13.2. The van der Waals surface area contributed by atoms with Crippen molar-refractivity contribution in [2.24, 2.45) is 0 Å². The molecule has 0 N–H and O–H groups in total. The Balaban J connectivity index is 1.27. The molecule has 0 radical (unpaired) electrons. The molecule has 0 unspecified atom stereocenters. The first-order valence-corrected chi connectivity index (χ1v) is 13.0. The molecule has 0 aliphatic carbocycles. The lowest BCUT2D eigenvalue weighted by Gasteiger charge is -2.34. The summed E-state index contributed by atoms with van der Waals surface area (Å²) in [5.41, 5.74) is 3.38. The number of amides is 1. The number of anilines is 2. The molecule has 11 heteroatoms. The van der Waals surface area contributed by atoms with Crippen LogP contribution in [0, 0.1) is 6.92 Å². The molecule has 2 aliphatic rings. The first kappa shape index (κ1) is 22.0. The Bertz CT molecular complexity index is 1300. The molecular weight excluding hydrogens is 466 g/mol. The Morgan fingerprint density at radius 1 is 0.970 bits per heavy atom. The van der Waals surface area contributed by atoms with Crippen molar-refractivity contribution in [2.45, 2.75) is 6.92 Å². The Kier molecular flexibility index (Phi) is 5.65. The number of aryl methyl sites for hydroxylation is 1. The minimum atomic E-state index is -2.99.